The molecule has 7 heteroatoms. The molecule has 0 aliphatic carbocycles. The van der Waals surface area contributed by atoms with E-state index in [-0.39, 0.29) is 12.5 Å². The molecular formula is C14H23NO6. The molecule has 120 valence electrons. The van der Waals surface area contributed by atoms with Crippen molar-refractivity contribution in [1.82, 2.24) is 4.90 Å². The Balaban J connectivity index is 2.72. The maximum Gasteiger partial charge on any atom is 0.410 e. The molecule has 1 amide bonds. The Labute approximate surface area is 124 Å². The third kappa shape index (κ3) is 4.61. The van der Waals surface area contributed by atoms with Crippen LogP contribution in [-0.4, -0.2) is 55.8 Å². The maximum absolute atomic E-state index is 12.0. The molecule has 0 saturated carbocycles. The van der Waals surface area contributed by atoms with E-state index >= 15 is 0 Å². The zero-order valence-corrected chi connectivity index (χ0v) is 13.2. The van der Waals surface area contributed by atoms with Gasteiger partial charge in [-0.2, -0.15) is 0 Å². The number of hydrogen-bond acceptors (Lipinski definition) is 6. The highest BCUT2D eigenvalue weighted by Crippen LogP contribution is 2.27. The van der Waals surface area contributed by atoms with E-state index in [0.717, 1.165) is 0 Å². The largest absolute Gasteiger partial charge is 0.468 e. The van der Waals surface area contributed by atoms with Crippen molar-refractivity contribution >= 4 is 18.0 Å². The molecule has 1 fully saturated rings. The zero-order chi connectivity index (χ0) is 16.2. The quantitative estimate of drug-likeness (QED) is 0.442. The molecule has 1 saturated heterocycles. The second-order valence-electron chi connectivity index (χ2n) is 6.00. The predicted octanol–water partition coefficient (Wildman–Crippen LogP) is 1.21. The van der Waals surface area contributed by atoms with E-state index in [1.807, 2.05) is 0 Å². The van der Waals surface area contributed by atoms with E-state index in [4.69, 9.17) is 4.74 Å². The first-order chi connectivity index (χ1) is 9.69. The van der Waals surface area contributed by atoms with Crippen LogP contribution in [0.5, 0.6) is 0 Å². The van der Waals surface area contributed by atoms with Gasteiger partial charge in [0.1, 0.15) is 5.60 Å². The molecule has 0 bridgehead atoms. The molecular weight excluding hydrogens is 278 g/mol. The molecule has 1 rings (SSSR count). The summed E-state index contributed by atoms with van der Waals surface area (Å²) in [6, 6.07) is 0. The number of amides is 1. The first kappa shape index (κ1) is 17.3. The Morgan fingerprint density at radius 1 is 1.10 bits per heavy atom. The zero-order valence-electron chi connectivity index (χ0n) is 13.2. The van der Waals surface area contributed by atoms with Crippen molar-refractivity contribution < 1.29 is 28.6 Å². The molecule has 0 aromatic rings. The molecule has 1 atom stereocenters. The highest BCUT2D eigenvalue weighted by Gasteiger charge is 2.42. The van der Waals surface area contributed by atoms with Crippen molar-refractivity contribution in [2.75, 3.05) is 27.3 Å². The molecule has 1 aliphatic rings. The van der Waals surface area contributed by atoms with Crippen molar-refractivity contribution in [3.8, 4) is 0 Å². The van der Waals surface area contributed by atoms with E-state index in [0.29, 0.717) is 13.0 Å². The Morgan fingerprint density at radius 3 is 2.05 bits per heavy atom. The second kappa shape index (κ2) is 6.78. The van der Waals surface area contributed by atoms with Gasteiger partial charge in [-0.05, 0) is 27.2 Å². The molecule has 0 aromatic carbocycles. The Kier molecular flexibility index (Phi) is 5.57. The van der Waals surface area contributed by atoms with E-state index in [1.165, 1.54) is 19.1 Å². The van der Waals surface area contributed by atoms with Gasteiger partial charge in [-0.15, -0.1) is 0 Å². The highest BCUT2D eigenvalue weighted by atomic mass is 16.6. The number of nitrogens with zero attached hydrogens (tertiary/aromatic N) is 1. The fraction of sp³-hybridized carbons (Fsp3) is 0.786. The van der Waals surface area contributed by atoms with Crippen LogP contribution in [0.15, 0.2) is 0 Å². The van der Waals surface area contributed by atoms with Crippen LogP contribution in [0.1, 0.15) is 27.2 Å². The number of carbonyl (C=O) groups is 3. The van der Waals surface area contributed by atoms with E-state index in [9.17, 15) is 14.4 Å². The number of rotatable bonds is 3. The predicted molar refractivity (Wildman–Crippen MR) is 73.4 cm³/mol. The van der Waals surface area contributed by atoms with Crippen molar-refractivity contribution in [3.63, 3.8) is 0 Å². The summed E-state index contributed by atoms with van der Waals surface area (Å²) in [7, 11) is 2.44. The molecule has 21 heavy (non-hydrogen) atoms. The van der Waals surface area contributed by atoms with Crippen molar-refractivity contribution in [1.29, 1.82) is 0 Å². The molecule has 0 N–H and O–H groups in total. The number of carbonyl (C=O) groups excluding carboxylic acids is 3. The van der Waals surface area contributed by atoms with Crippen LogP contribution >= 0.6 is 0 Å². The topological polar surface area (TPSA) is 82.1 Å². The summed E-state index contributed by atoms with van der Waals surface area (Å²) in [5.41, 5.74) is -0.584. The maximum atomic E-state index is 12.0. The lowest BCUT2D eigenvalue weighted by Gasteiger charge is -2.25. The number of methoxy groups -OCH3 is 2. The summed E-state index contributed by atoms with van der Waals surface area (Å²) in [6.07, 6.45) is 0.0761. The van der Waals surface area contributed by atoms with E-state index in [1.54, 1.807) is 20.8 Å². The fourth-order valence-electron chi connectivity index (χ4n) is 2.29. The summed E-state index contributed by atoms with van der Waals surface area (Å²) in [5.74, 6) is -2.61. The van der Waals surface area contributed by atoms with Crippen LogP contribution in [0.25, 0.3) is 0 Å². The van der Waals surface area contributed by atoms with Crippen LogP contribution in [0.3, 0.4) is 0 Å². The van der Waals surface area contributed by atoms with Gasteiger partial charge < -0.3 is 19.1 Å². The Morgan fingerprint density at radius 2 is 1.62 bits per heavy atom. The summed E-state index contributed by atoms with van der Waals surface area (Å²) < 4.78 is 14.6. The summed E-state index contributed by atoms with van der Waals surface area (Å²) in [4.78, 5) is 37.0. The van der Waals surface area contributed by atoms with Gasteiger partial charge in [0.15, 0.2) is 5.92 Å². The van der Waals surface area contributed by atoms with Gasteiger partial charge in [0.25, 0.3) is 0 Å². The van der Waals surface area contributed by atoms with Crippen LogP contribution in [0.4, 0.5) is 4.79 Å². The molecule has 1 unspecified atom stereocenters. The first-order valence-corrected chi connectivity index (χ1v) is 6.83. The van der Waals surface area contributed by atoms with Gasteiger partial charge in [0, 0.05) is 19.0 Å². The molecule has 0 radical (unpaired) electrons. The van der Waals surface area contributed by atoms with Gasteiger partial charge in [0.05, 0.1) is 14.2 Å². The minimum Gasteiger partial charge on any atom is -0.468 e. The standard InChI is InChI=1S/C14H23NO6/c1-14(2,3)21-13(18)15-7-6-9(8-15)10(11(16)19-4)12(17)20-5/h9-10H,6-8H2,1-5H3. The lowest BCUT2D eigenvalue weighted by molar-refractivity contribution is -0.161. The Bertz CT molecular complexity index is 398. The fourth-order valence-corrected chi connectivity index (χ4v) is 2.29. The minimum atomic E-state index is -1.01. The van der Waals surface area contributed by atoms with Gasteiger partial charge in [-0.3, -0.25) is 9.59 Å². The van der Waals surface area contributed by atoms with Gasteiger partial charge in [-0.25, -0.2) is 4.79 Å². The number of ether oxygens (including phenoxy) is 3. The first-order valence-electron chi connectivity index (χ1n) is 6.83. The molecule has 1 aliphatic heterocycles. The van der Waals surface area contributed by atoms with Gasteiger partial charge >= 0.3 is 18.0 Å². The lowest BCUT2D eigenvalue weighted by Crippen LogP contribution is -2.38. The normalized spacial score (nSPS) is 18.6. The van der Waals surface area contributed by atoms with Gasteiger partial charge in [-0.1, -0.05) is 0 Å². The monoisotopic (exact) mass is 301 g/mol. The summed E-state index contributed by atoms with van der Waals surface area (Å²) >= 11 is 0. The third-order valence-corrected chi connectivity index (χ3v) is 3.26. The van der Waals surface area contributed by atoms with Crippen molar-refractivity contribution in [2.24, 2.45) is 11.8 Å². The third-order valence-electron chi connectivity index (χ3n) is 3.26. The Hall–Kier alpha value is -1.79. The smallest absolute Gasteiger partial charge is 0.410 e. The van der Waals surface area contributed by atoms with Gasteiger partial charge in [0.2, 0.25) is 0 Å². The average molecular weight is 301 g/mol. The van der Waals surface area contributed by atoms with Crippen molar-refractivity contribution in [3.05, 3.63) is 0 Å². The summed E-state index contributed by atoms with van der Waals surface area (Å²) in [5, 5.41) is 0. The number of esters is 2. The second-order valence-corrected chi connectivity index (χ2v) is 6.00. The van der Waals surface area contributed by atoms with Crippen LogP contribution in [-0.2, 0) is 23.8 Å². The molecule has 1 heterocycles. The SMILES string of the molecule is COC(=O)C(C(=O)OC)C1CCN(C(=O)OC(C)(C)C)C1. The number of hydrogen-bond donors (Lipinski definition) is 0. The lowest BCUT2D eigenvalue weighted by atomic mass is 9.91. The molecule has 0 aromatic heterocycles. The van der Waals surface area contributed by atoms with Crippen LogP contribution in [0.2, 0.25) is 0 Å². The van der Waals surface area contributed by atoms with Crippen LogP contribution in [0, 0.1) is 11.8 Å². The average Bonchev–Trinajstić information content (AvgIpc) is 2.86. The van der Waals surface area contributed by atoms with E-state index < -0.39 is 29.6 Å². The summed E-state index contributed by atoms with van der Waals surface area (Å²) in [6.45, 7) is 6.05. The highest BCUT2D eigenvalue weighted by molar-refractivity contribution is 5.95. The van der Waals surface area contributed by atoms with Crippen molar-refractivity contribution in [2.45, 2.75) is 32.8 Å². The number of likely N-dealkylation sites (tertiary alicyclic amines) is 1. The minimum absolute atomic E-state index is 0.268. The van der Waals surface area contributed by atoms with Crippen LogP contribution < -0.4 is 0 Å². The van der Waals surface area contributed by atoms with E-state index in [2.05, 4.69) is 9.47 Å². The molecule has 0 spiro atoms. The molecule has 7 nitrogen and oxygen atoms in total.